The average Bonchev–Trinajstić information content (AvgIpc) is 3.05. The van der Waals surface area contributed by atoms with Crippen molar-refractivity contribution >= 4 is 29.3 Å². The summed E-state index contributed by atoms with van der Waals surface area (Å²) in [6, 6.07) is 19.2. The number of hydrogen-bond acceptors (Lipinski definition) is 4. The summed E-state index contributed by atoms with van der Waals surface area (Å²) in [6.45, 7) is 4.01. The third-order valence-corrected chi connectivity index (χ3v) is 5.31. The molecule has 1 N–H and O–H groups in total. The van der Waals surface area contributed by atoms with Crippen molar-refractivity contribution in [2.75, 3.05) is 18.2 Å². The van der Waals surface area contributed by atoms with Crippen molar-refractivity contribution in [1.29, 1.82) is 0 Å². The van der Waals surface area contributed by atoms with Crippen LogP contribution in [0.5, 0.6) is 0 Å². The van der Waals surface area contributed by atoms with Crippen LogP contribution < -0.4 is 5.32 Å². The molecule has 29 heavy (non-hydrogen) atoms. The van der Waals surface area contributed by atoms with Gasteiger partial charge in [0.2, 0.25) is 5.91 Å². The molecule has 5 nitrogen and oxygen atoms in total. The molecule has 0 aliphatic carbocycles. The second-order valence-corrected chi connectivity index (χ2v) is 7.36. The van der Waals surface area contributed by atoms with Crippen molar-refractivity contribution in [3.63, 3.8) is 0 Å². The first-order chi connectivity index (χ1) is 14.0. The molecule has 3 rings (SSSR count). The Morgan fingerprint density at radius 1 is 1.07 bits per heavy atom. The number of nitrogens with zero attached hydrogens (tertiary/aromatic N) is 1. The van der Waals surface area contributed by atoms with Crippen LogP contribution in [0.4, 0.5) is 5.69 Å². The van der Waals surface area contributed by atoms with E-state index in [0.717, 1.165) is 21.8 Å². The molecule has 1 amide bonds. The Labute approximate surface area is 175 Å². The lowest BCUT2D eigenvalue weighted by atomic mass is 10.1. The Balaban J connectivity index is 1.92. The van der Waals surface area contributed by atoms with Crippen LogP contribution in [0.3, 0.4) is 0 Å². The molecule has 0 saturated carbocycles. The van der Waals surface area contributed by atoms with E-state index in [1.54, 1.807) is 24.8 Å². The largest absolute Gasteiger partial charge is 0.462 e. The number of benzene rings is 2. The summed E-state index contributed by atoms with van der Waals surface area (Å²) in [4.78, 5) is 26.2. The zero-order valence-electron chi connectivity index (χ0n) is 16.8. The van der Waals surface area contributed by atoms with Crippen molar-refractivity contribution in [2.24, 2.45) is 0 Å². The fraction of sp³-hybridized carbons (Fsp3) is 0.217. The summed E-state index contributed by atoms with van der Waals surface area (Å²) < 4.78 is 7.04. The van der Waals surface area contributed by atoms with Crippen molar-refractivity contribution in [1.82, 2.24) is 4.57 Å². The highest BCUT2D eigenvalue weighted by atomic mass is 32.2. The maximum Gasteiger partial charge on any atom is 0.339 e. The van der Waals surface area contributed by atoms with E-state index in [1.807, 2.05) is 72.3 Å². The summed E-state index contributed by atoms with van der Waals surface area (Å²) in [5.74, 6) is -0.538. The van der Waals surface area contributed by atoms with Gasteiger partial charge >= 0.3 is 5.97 Å². The second kappa shape index (κ2) is 9.47. The summed E-state index contributed by atoms with van der Waals surface area (Å²) >= 11 is 1.62. The fourth-order valence-corrected chi connectivity index (χ4v) is 3.62. The van der Waals surface area contributed by atoms with E-state index in [0.29, 0.717) is 17.9 Å². The maximum atomic E-state index is 12.8. The van der Waals surface area contributed by atoms with Gasteiger partial charge in [-0.05, 0) is 49.9 Å². The molecule has 6 heteroatoms. The number of nitrogens with one attached hydrogen (secondary N) is 1. The predicted molar refractivity (Wildman–Crippen MR) is 117 cm³/mol. The van der Waals surface area contributed by atoms with Gasteiger partial charge in [0, 0.05) is 22.0 Å². The lowest BCUT2D eigenvalue weighted by Crippen LogP contribution is -2.20. The predicted octanol–water partition coefficient (Wildman–Crippen LogP) is 5.00. The van der Waals surface area contributed by atoms with Gasteiger partial charge in [-0.15, -0.1) is 11.8 Å². The average molecular weight is 409 g/mol. The maximum absolute atomic E-state index is 12.8. The molecule has 1 aromatic heterocycles. The summed E-state index contributed by atoms with van der Waals surface area (Å²) in [5, 5.41) is 2.95. The molecule has 3 aromatic rings. The smallest absolute Gasteiger partial charge is 0.339 e. The van der Waals surface area contributed by atoms with Crippen LogP contribution in [0.1, 0.15) is 23.0 Å². The zero-order chi connectivity index (χ0) is 20.8. The van der Waals surface area contributed by atoms with E-state index in [1.165, 1.54) is 0 Å². The molecule has 0 aliphatic rings. The number of carbonyl (C=O) groups is 2. The molecular formula is C23H24N2O3S. The van der Waals surface area contributed by atoms with E-state index >= 15 is 0 Å². The van der Waals surface area contributed by atoms with Gasteiger partial charge in [-0.2, -0.15) is 0 Å². The standard InChI is InChI=1S/C23H24N2O3S/c1-4-28-23(27)20-14-21(17-9-6-5-7-10-17)25(16(20)2)15-22(26)24-18-11-8-12-19(13-18)29-3/h5-14H,4,15H2,1-3H3,(H,24,26). The van der Waals surface area contributed by atoms with Gasteiger partial charge in [0.15, 0.2) is 0 Å². The van der Waals surface area contributed by atoms with Gasteiger partial charge in [0.25, 0.3) is 0 Å². The minimum absolute atomic E-state index is 0.0962. The van der Waals surface area contributed by atoms with Crippen molar-refractivity contribution in [3.8, 4) is 11.3 Å². The van der Waals surface area contributed by atoms with Crippen LogP contribution in [0.2, 0.25) is 0 Å². The van der Waals surface area contributed by atoms with Crippen LogP contribution in [0.25, 0.3) is 11.3 Å². The number of carbonyl (C=O) groups excluding carboxylic acids is 2. The molecule has 150 valence electrons. The fourth-order valence-electron chi connectivity index (χ4n) is 3.16. The highest BCUT2D eigenvalue weighted by molar-refractivity contribution is 7.98. The van der Waals surface area contributed by atoms with Crippen molar-refractivity contribution < 1.29 is 14.3 Å². The highest BCUT2D eigenvalue weighted by Crippen LogP contribution is 2.27. The molecule has 0 spiro atoms. The quantitative estimate of drug-likeness (QED) is 0.441. The first-order valence-electron chi connectivity index (χ1n) is 9.40. The highest BCUT2D eigenvalue weighted by Gasteiger charge is 2.21. The number of rotatable bonds is 7. The van der Waals surface area contributed by atoms with E-state index in [4.69, 9.17) is 4.74 Å². The van der Waals surface area contributed by atoms with Gasteiger partial charge in [0.05, 0.1) is 12.2 Å². The Hall–Kier alpha value is -2.99. The number of aromatic nitrogens is 1. The SMILES string of the molecule is CCOC(=O)c1cc(-c2ccccc2)n(CC(=O)Nc2cccc(SC)c2)c1C. The molecule has 0 fully saturated rings. The molecule has 0 unspecified atom stereocenters. The third-order valence-electron chi connectivity index (χ3n) is 4.59. The van der Waals surface area contributed by atoms with E-state index < -0.39 is 0 Å². The van der Waals surface area contributed by atoms with Gasteiger partial charge < -0.3 is 14.6 Å². The molecule has 1 heterocycles. The van der Waals surface area contributed by atoms with Crippen LogP contribution >= 0.6 is 11.8 Å². The van der Waals surface area contributed by atoms with Crippen molar-refractivity contribution in [3.05, 3.63) is 71.9 Å². The van der Waals surface area contributed by atoms with Gasteiger partial charge in [-0.25, -0.2) is 4.79 Å². The second-order valence-electron chi connectivity index (χ2n) is 6.48. The Kier molecular flexibility index (Phi) is 6.77. The zero-order valence-corrected chi connectivity index (χ0v) is 17.6. The molecule has 0 bridgehead atoms. The first kappa shape index (κ1) is 20.7. The number of ether oxygens (including phenoxy) is 1. The molecular weight excluding hydrogens is 384 g/mol. The lowest BCUT2D eigenvalue weighted by molar-refractivity contribution is -0.116. The topological polar surface area (TPSA) is 60.3 Å². The Morgan fingerprint density at radius 2 is 1.83 bits per heavy atom. The number of anilines is 1. The van der Waals surface area contributed by atoms with E-state index in [9.17, 15) is 9.59 Å². The normalized spacial score (nSPS) is 10.6. The number of hydrogen-bond donors (Lipinski definition) is 1. The summed E-state index contributed by atoms with van der Waals surface area (Å²) in [6.07, 6.45) is 1.99. The number of thioether (sulfide) groups is 1. The third kappa shape index (κ3) is 4.90. The van der Waals surface area contributed by atoms with E-state index in [2.05, 4.69) is 5.32 Å². The molecule has 0 atom stereocenters. The molecule has 0 aliphatic heterocycles. The lowest BCUT2D eigenvalue weighted by Gasteiger charge is -2.13. The first-order valence-corrected chi connectivity index (χ1v) is 10.6. The van der Waals surface area contributed by atoms with Gasteiger partial charge in [-0.1, -0.05) is 36.4 Å². The summed E-state index contributed by atoms with van der Waals surface area (Å²) in [7, 11) is 0. The minimum atomic E-state index is -0.381. The number of esters is 1. The van der Waals surface area contributed by atoms with E-state index in [-0.39, 0.29) is 18.4 Å². The minimum Gasteiger partial charge on any atom is -0.462 e. The van der Waals surface area contributed by atoms with Crippen LogP contribution in [0, 0.1) is 6.92 Å². The van der Waals surface area contributed by atoms with Crippen molar-refractivity contribution in [2.45, 2.75) is 25.3 Å². The van der Waals surface area contributed by atoms with Gasteiger partial charge in [-0.3, -0.25) is 4.79 Å². The van der Waals surface area contributed by atoms with Gasteiger partial charge in [0.1, 0.15) is 6.54 Å². The van der Waals surface area contributed by atoms with Crippen LogP contribution in [-0.2, 0) is 16.1 Å². The Bertz CT molecular complexity index is 1010. The monoisotopic (exact) mass is 408 g/mol. The molecule has 0 saturated heterocycles. The summed E-state index contributed by atoms with van der Waals surface area (Å²) in [5.41, 5.74) is 3.67. The molecule has 2 aromatic carbocycles. The molecule has 0 radical (unpaired) electrons. The van der Waals surface area contributed by atoms with Crippen LogP contribution in [-0.4, -0.2) is 29.3 Å². The number of amides is 1. The van der Waals surface area contributed by atoms with Crippen LogP contribution in [0.15, 0.2) is 65.6 Å². The Morgan fingerprint density at radius 3 is 2.52 bits per heavy atom.